The van der Waals surface area contributed by atoms with Crippen LogP contribution in [0.15, 0.2) is 82.6 Å². The Morgan fingerprint density at radius 3 is 1.25 bits per heavy atom. The Kier molecular flexibility index (Phi) is 6.41. The largest absolute Gasteiger partial charge is 0.322 e. The lowest BCUT2D eigenvalue weighted by atomic mass is 10.1. The first-order valence-corrected chi connectivity index (χ1v) is 12.0. The van der Waals surface area contributed by atoms with Crippen molar-refractivity contribution in [1.82, 2.24) is 0 Å². The Bertz CT molecular complexity index is 1280. The van der Waals surface area contributed by atoms with Gasteiger partial charge in [-0.05, 0) is 66.7 Å². The number of anilines is 2. The van der Waals surface area contributed by atoms with Gasteiger partial charge in [-0.25, -0.2) is 27.1 Å². The SMILES string of the molecule is NS(=O)(=O)c1ccc(NC(=O)c2cccc(C(=O)Nc3ccc(S(N)(=O)=O)cc3)c2)cc1. The van der Waals surface area contributed by atoms with Crippen molar-refractivity contribution in [2.75, 3.05) is 10.6 Å². The highest BCUT2D eigenvalue weighted by Crippen LogP contribution is 2.16. The molecule has 10 nitrogen and oxygen atoms in total. The topological polar surface area (TPSA) is 179 Å². The van der Waals surface area contributed by atoms with Gasteiger partial charge in [0.2, 0.25) is 20.0 Å². The predicted molar refractivity (Wildman–Crippen MR) is 118 cm³/mol. The molecule has 0 atom stereocenters. The van der Waals surface area contributed by atoms with Crippen LogP contribution in [0.5, 0.6) is 0 Å². The summed E-state index contributed by atoms with van der Waals surface area (Å²) in [4.78, 5) is 24.8. The average Bonchev–Trinajstić information content (AvgIpc) is 2.73. The molecule has 0 saturated heterocycles. The van der Waals surface area contributed by atoms with E-state index in [1.807, 2.05) is 0 Å². The van der Waals surface area contributed by atoms with E-state index in [1.54, 1.807) is 0 Å². The summed E-state index contributed by atoms with van der Waals surface area (Å²) in [5.74, 6) is -1.03. The number of primary sulfonamides is 2. The van der Waals surface area contributed by atoms with Crippen LogP contribution >= 0.6 is 0 Å². The molecule has 0 spiro atoms. The molecule has 0 unspecified atom stereocenters. The van der Waals surface area contributed by atoms with Crippen molar-refractivity contribution in [3.05, 3.63) is 83.9 Å². The number of sulfonamides is 2. The minimum Gasteiger partial charge on any atom is -0.322 e. The highest BCUT2D eigenvalue weighted by Gasteiger charge is 2.13. The fourth-order valence-corrected chi connectivity index (χ4v) is 3.69. The summed E-state index contributed by atoms with van der Waals surface area (Å²) in [6.45, 7) is 0. The van der Waals surface area contributed by atoms with Crippen LogP contribution in [-0.4, -0.2) is 28.6 Å². The van der Waals surface area contributed by atoms with Crippen LogP contribution in [0.4, 0.5) is 11.4 Å². The Balaban J connectivity index is 1.71. The van der Waals surface area contributed by atoms with E-state index in [4.69, 9.17) is 10.3 Å². The van der Waals surface area contributed by atoms with Gasteiger partial charge in [-0.3, -0.25) is 9.59 Å². The zero-order valence-electron chi connectivity index (χ0n) is 16.3. The maximum atomic E-state index is 12.5. The Hall–Kier alpha value is -3.58. The summed E-state index contributed by atoms with van der Waals surface area (Å²) in [7, 11) is -7.69. The molecule has 3 aromatic rings. The first-order valence-electron chi connectivity index (χ1n) is 8.92. The second-order valence-electron chi connectivity index (χ2n) is 6.63. The maximum Gasteiger partial charge on any atom is 0.255 e. The minimum absolute atomic E-state index is 0.0914. The van der Waals surface area contributed by atoms with E-state index < -0.39 is 31.9 Å². The van der Waals surface area contributed by atoms with Crippen molar-refractivity contribution in [2.24, 2.45) is 10.3 Å². The van der Waals surface area contributed by atoms with E-state index in [-0.39, 0.29) is 20.9 Å². The first-order chi connectivity index (χ1) is 14.9. The third-order valence-electron chi connectivity index (χ3n) is 4.27. The molecule has 0 fully saturated rings. The molecule has 12 heteroatoms. The Morgan fingerprint density at radius 2 is 0.938 bits per heavy atom. The average molecular weight is 475 g/mol. The monoisotopic (exact) mass is 474 g/mol. The number of carbonyl (C=O) groups is 2. The number of hydrogen-bond donors (Lipinski definition) is 4. The van der Waals surface area contributed by atoms with Gasteiger partial charge >= 0.3 is 0 Å². The maximum absolute atomic E-state index is 12.5. The van der Waals surface area contributed by atoms with E-state index >= 15 is 0 Å². The third kappa shape index (κ3) is 5.76. The summed E-state index contributed by atoms with van der Waals surface area (Å²) in [5.41, 5.74) is 1.06. The summed E-state index contributed by atoms with van der Waals surface area (Å²) in [5, 5.41) is 15.3. The van der Waals surface area contributed by atoms with Crippen molar-refractivity contribution in [3.8, 4) is 0 Å². The van der Waals surface area contributed by atoms with Crippen molar-refractivity contribution in [2.45, 2.75) is 9.79 Å². The molecule has 6 N–H and O–H groups in total. The van der Waals surface area contributed by atoms with Crippen LogP contribution in [0.2, 0.25) is 0 Å². The van der Waals surface area contributed by atoms with Crippen LogP contribution in [0.1, 0.15) is 20.7 Å². The molecule has 0 saturated carbocycles. The Morgan fingerprint density at radius 1 is 0.594 bits per heavy atom. The van der Waals surface area contributed by atoms with Gasteiger partial charge in [0.15, 0.2) is 0 Å². The second-order valence-corrected chi connectivity index (χ2v) is 9.75. The number of carbonyl (C=O) groups excluding carboxylic acids is 2. The molecule has 0 aromatic heterocycles. The molecular formula is C20H18N4O6S2. The molecule has 0 radical (unpaired) electrons. The number of nitrogens with one attached hydrogen (secondary N) is 2. The fourth-order valence-electron chi connectivity index (χ4n) is 2.66. The van der Waals surface area contributed by atoms with Crippen molar-refractivity contribution in [1.29, 1.82) is 0 Å². The van der Waals surface area contributed by atoms with Gasteiger partial charge in [-0.15, -0.1) is 0 Å². The number of benzene rings is 3. The van der Waals surface area contributed by atoms with Gasteiger partial charge in [-0.2, -0.15) is 0 Å². The zero-order chi connectivity index (χ0) is 23.5. The highest BCUT2D eigenvalue weighted by atomic mass is 32.2. The number of amides is 2. The molecule has 0 heterocycles. The van der Waals surface area contributed by atoms with Gasteiger partial charge in [0.05, 0.1) is 9.79 Å². The molecule has 2 amide bonds. The van der Waals surface area contributed by atoms with Crippen molar-refractivity contribution < 1.29 is 26.4 Å². The smallest absolute Gasteiger partial charge is 0.255 e. The minimum atomic E-state index is -3.84. The van der Waals surface area contributed by atoms with E-state index in [0.29, 0.717) is 11.4 Å². The van der Waals surface area contributed by atoms with Crippen LogP contribution < -0.4 is 20.9 Å². The van der Waals surface area contributed by atoms with Gasteiger partial charge in [0, 0.05) is 22.5 Å². The van der Waals surface area contributed by atoms with E-state index in [9.17, 15) is 26.4 Å². The zero-order valence-corrected chi connectivity index (χ0v) is 18.0. The quantitative estimate of drug-likeness (QED) is 0.420. The molecule has 32 heavy (non-hydrogen) atoms. The molecule has 3 rings (SSSR count). The lowest BCUT2D eigenvalue weighted by Gasteiger charge is -2.09. The van der Waals surface area contributed by atoms with E-state index in [1.165, 1.54) is 72.8 Å². The molecule has 0 aliphatic carbocycles. The van der Waals surface area contributed by atoms with Crippen LogP contribution in [0, 0.1) is 0 Å². The molecule has 166 valence electrons. The normalized spacial score (nSPS) is 11.6. The van der Waals surface area contributed by atoms with Crippen LogP contribution in [-0.2, 0) is 20.0 Å². The lowest BCUT2D eigenvalue weighted by molar-refractivity contribution is 0.102. The van der Waals surface area contributed by atoms with E-state index in [0.717, 1.165) is 0 Å². The van der Waals surface area contributed by atoms with Crippen molar-refractivity contribution >= 4 is 43.2 Å². The molecule has 3 aromatic carbocycles. The molecule has 0 aliphatic rings. The molecule has 0 aliphatic heterocycles. The summed E-state index contributed by atoms with van der Waals surface area (Å²) in [6, 6.07) is 16.5. The molecular weight excluding hydrogens is 456 g/mol. The number of nitrogens with two attached hydrogens (primary N) is 2. The lowest BCUT2D eigenvalue weighted by Crippen LogP contribution is -2.16. The number of rotatable bonds is 6. The van der Waals surface area contributed by atoms with Crippen molar-refractivity contribution in [3.63, 3.8) is 0 Å². The van der Waals surface area contributed by atoms with Gasteiger partial charge in [0.25, 0.3) is 11.8 Å². The third-order valence-corrected chi connectivity index (χ3v) is 6.13. The van der Waals surface area contributed by atoms with Crippen LogP contribution in [0.25, 0.3) is 0 Å². The van der Waals surface area contributed by atoms with Crippen LogP contribution in [0.3, 0.4) is 0 Å². The second kappa shape index (κ2) is 8.88. The van der Waals surface area contributed by atoms with Gasteiger partial charge in [-0.1, -0.05) is 6.07 Å². The first kappa shape index (κ1) is 23.1. The van der Waals surface area contributed by atoms with Gasteiger partial charge in [0.1, 0.15) is 0 Å². The number of hydrogen-bond acceptors (Lipinski definition) is 6. The highest BCUT2D eigenvalue weighted by molar-refractivity contribution is 7.89. The van der Waals surface area contributed by atoms with E-state index in [2.05, 4.69) is 10.6 Å². The summed E-state index contributed by atoms with van der Waals surface area (Å²) < 4.78 is 45.2. The van der Waals surface area contributed by atoms with Gasteiger partial charge < -0.3 is 10.6 Å². The summed E-state index contributed by atoms with van der Waals surface area (Å²) in [6.07, 6.45) is 0. The Labute approximate surface area is 184 Å². The fraction of sp³-hybridized carbons (Fsp3) is 0. The molecule has 0 bridgehead atoms. The summed E-state index contributed by atoms with van der Waals surface area (Å²) >= 11 is 0. The predicted octanol–water partition coefficient (Wildman–Crippen LogP) is 1.49. The standard InChI is InChI=1S/C20H18N4O6S2/c21-31(27,28)17-8-4-15(5-9-17)23-19(25)13-2-1-3-14(12-13)20(26)24-16-6-10-18(11-7-16)32(22,29)30/h1-12H,(H,23,25)(H,24,26)(H2,21,27,28)(H2,22,29,30).